The van der Waals surface area contributed by atoms with Gasteiger partial charge in [-0.1, -0.05) is 29.8 Å². The highest BCUT2D eigenvalue weighted by molar-refractivity contribution is 5.87. The molecule has 1 aromatic carbocycles. The van der Waals surface area contributed by atoms with Crippen LogP contribution in [0.5, 0.6) is 0 Å². The summed E-state index contributed by atoms with van der Waals surface area (Å²) in [5, 5.41) is 9.33. The molecule has 6 heteroatoms. The third-order valence-electron chi connectivity index (χ3n) is 4.04. The molecule has 23 heavy (non-hydrogen) atoms. The number of rotatable bonds is 4. The molecule has 2 aromatic rings. The maximum atomic E-state index is 11.4. The zero-order valence-electron chi connectivity index (χ0n) is 13.2. The molecule has 1 saturated heterocycles. The van der Waals surface area contributed by atoms with Gasteiger partial charge in [0.25, 0.3) is 0 Å². The molecule has 1 aliphatic heterocycles. The van der Waals surface area contributed by atoms with Crippen LogP contribution in [-0.4, -0.2) is 47.3 Å². The quantitative estimate of drug-likeness (QED) is 0.934. The molecule has 1 atom stereocenters. The Kier molecular flexibility index (Phi) is 4.25. The molecule has 0 spiro atoms. The molecule has 0 saturated carbocycles. The van der Waals surface area contributed by atoms with Crippen LogP contribution >= 0.6 is 0 Å². The van der Waals surface area contributed by atoms with Crippen molar-refractivity contribution in [3.05, 3.63) is 41.6 Å². The average molecular weight is 313 g/mol. The lowest BCUT2D eigenvalue weighted by Crippen LogP contribution is -2.24. The van der Waals surface area contributed by atoms with E-state index in [4.69, 9.17) is 4.74 Å². The van der Waals surface area contributed by atoms with E-state index < -0.39 is 5.97 Å². The van der Waals surface area contributed by atoms with E-state index in [1.54, 1.807) is 7.11 Å². The van der Waals surface area contributed by atoms with Crippen molar-refractivity contribution in [1.29, 1.82) is 0 Å². The molecule has 1 aliphatic rings. The van der Waals surface area contributed by atoms with E-state index in [9.17, 15) is 9.90 Å². The van der Waals surface area contributed by atoms with Crippen LogP contribution in [0, 0.1) is 6.92 Å². The molecule has 0 radical (unpaired) electrons. The second kappa shape index (κ2) is 6.34. The molecule has 0 aliphatic carbocycles. The number of ether oxygens (including phenoxy) is 1. The molecule has 120 valence electrons. The molecule has 1 fully saturated rings. The number of carboxylic acids is 1. The lowest BCUT2D eigenvalue weighted by atomic mass is 10.1. The Bertz CT molecular complexity index is 716. The van der Waals surface area contributed by atoms with Crippen molar-refractivity contribution in [2.75, 3.05) is 25.1 Å². The predicted molar refractivity (Wildman–Crippen MR) is 86.8 cm³/mol. The highest BCUT2D eigenvalue weighted by atomic mass is 16.5. The summed E-state index contributed by atoms with van der Waals surface area (Å²) in [7, 11) is 1.69. The van der Waals surface area contributed by atoms with Crippen LogP contribution in [0.15, 0.2) is 30.3 Å². The number of carbonyl (C=O) groups is 1. The largest absolute Gasteiger partial charge is 0.477 e. The second-order valence-corrected chi connectivity index (χ2v) is 5.70. The van der Waals surface area contributed by atoms with Crippen LogP contribution in [0.3, 0.4) is 0 Å². The molecule has 0 unspecified atom stereocenters. The van der Waals surface area contributed by atoms with Gasteiger partial charge in [0.2, 0.25) is 0 Å². The molecule has 0 amide bonds. The summed E-state index contributed by atoms with van der Waals surface area (Å²) >= 11 is 0. The van der Waals surface area contributed by atoms with Gasteiger partial charge in [0.15, 0.2) is 11.5 Å². The van der Waals surface area contributed by atoms with E-state index in [2.05, 4.69) is 9.97 Å². The smallest absolute Gasteiger partial charge is 0.354 e. The second-order valence-electron chi connectivity index (χ2n) is 5.70. The van der Waals surface area contributed by atoms with Crippen molar-refractivity contribution in [1.82, 2.24) is 9.97 Å². The van der Waals surface area contributed by atoms with Crippen LogP contribution in [0.25, 0.3) is 11.4 Å². The summed E-state index contributed by atoms with van der Waals surface area (Å²) in [5.74, 6) is 0.0118. The number of aromatic nitrogens is 2. The first-order valence-electron chi connectivity index (χ1n) is 7.54. The minimum absolute atomic E-state index is 0.00596. The third-order valence-corrected chi connectivity index (χ3v) is 4.04. The van der Waals surface area contributed by atoms with Gasteiger partial charge in [0, 0.05) is 31.8 Å². The molecule has 2 heterocycles. The van der Waals surface area contributed by atoms with Gasteiger partial charge in [-0.15, -0.1) is 0 Å². The van der Waals surface area contributed by atoms with Crippen LogP contribution in [-0.2, 0) is 4.74 Å². The van der Waals surface area contributed by atoms with Crippen LogP contribution in [0.1, 0.15) is 22.5 Å². The summed E-state index contributed by atoms with van der Waals surface area (Å²) < 4.78 is 5.37. The Balaban J connectivity index is 2.00. The van der Waals surface area contributed by atoms with Gasteiger partial charge in [-0.25, -0.2) is 14.8 Å². The maximum Gasteiger partial charge on any atom is 0.354 e. The molecule has 1 N–H and O–H groups in total. The number of nitrogens with zero attached hydrogens (tertiary/aromatic N) is 3. The first-order chi connectivity index (χ1) is 11.1. The zero-order valence-corrected chi connectivity index (χ0v) is 13.2. The van der Waals surface area contributed by atoms with Crippen molar-refractivity contribution in [3.63, 3.8) is 0 Å². The SMILES string of the molecule is CO[C@H]1CCN(c2cc(C(=O)O)nc(-c3ccc(C)cc3)n2)C1. The van der Waals surface area contributed by atoms with Crippen molar-refractivity contribution in [2.45, 2.75) is 19.4 Å². The summed E-state index contributed by atoms with van der Waals surface area (Å²) in [4.78, 5) is 22.2. The number of anilines is 1. The fourth-order valence-electron chi connectivity index (χ4n) is 2.67. The lowest BCUT2D eigenvalue weighted by Gasteiger charge is -2.18. The van der Waals surface area contributed by atoms with Gasteiger partial charge in [-0.3, -0.25) is 0 Å². The van der Waals surface area contributed by atoms with Crippen LogP contribution in [0.4, 0.5) is 5.82 Å². The molecular weight excluding hydrogens is 294 g/mol. The monoisotopic (exact) mass is 313 g/mol. The van der Waals surface area contributed by atoms with E-state index >= 15 is 0 Å². The van der Waals surface area contributed by atoms with E-state index in [0.717, 1.165) is 24.1 Å². The zero-order chi connectivity index (χ0) is 16.4. The van der Waals surface area contributed by atoms with Gasteiger partial charge in [-0.2, -0.15) is 0 Å². The summed E-state index contributed by atoms with van der Waals surface area (Å²) in [5.41, 5.74) is 1.94. The van der Waals surface area contributed by atoms with E-state index in [-0.39, 0.29) is 11.8 Å². The highest BCUT2D eigenvalue weighted by Crippen LogP contribution is 2.24. The van der Waals surface area contributed by atoms with Gasteiger partial charge >= 0.3 is 5.97 Å². The van der Waals surface area contributed by atoms with Crippen molar-refractivity contribution < 1.29 is 14.6 Å². The standard InChI is InChI=1S/C17H19N3O3/c1-11-3-5-12(6-4-11)16-18-14(17(21)22)9-15(19-16)20-8-7-13(10-20)23-2/h3-6,9,13H,7-8,10H2,1-2H3,(H,21,22)/t13-/m0/s1. The fourth-order valence-corrected chi connectivity index (χ4v) is 2.67. The molecular formula is C17H19N3O3. The number of hydrogen-bond donors (Lipinski definition) is 1. The maximum absolute atomic E-state index is 11.4. The Morgan fingerprint density at radius 2 is 2.04 bits per heavy atom. The lowest BCUT2D eigenvalue weighted by molar-refractivity contribution is 0.0690. The molecule has 3 rings (SSSR count). The van der Waals surface area contributed by atoms with E-state index in [0.29, 0.717) is 18.2 Å². The Hall–Kier alpha value is -2.47. The third kappa shape index (κ3) is 3.32. The first-order valence-corrected chi connectivity index (χ1v) is 7.54. The van der Waals surface area contributed by atoms with Gasteiger partial charge in [-0.05, 0) is 13.3 Å². The summed E-state index contributed by atoms with van der Waals surface area (Å²) in [6, 6.07) is 9.26. The average Bonchev–Trinajstić information content (AvgIpc) is 3.04. The number of aromatic carboxylic acids is 1. The molecule has 0 bridgehead atoms. The minimum Gasteiger partial charge on any atom is -0.477 e. The Morgan fingerprint density at radius 3 is 2.65 bits per heavy atom. The minimum atomic E-state index is -1.05. The number of benzene rings is 1. The normalized spacial score (nSPS) is 17.5. The van der Waals surface area contributed by atoms with Gasteiger partial charge in [0.1, 0.15) is 5.82 Å². The first kappa shape index (κ1) is 15.4. The number of aryl methyl sites for hydroxylation is 1. The van der Waals surface area contributed by atoms with Crippen LogP contribution in [0.2, 0.25) is 0 Å². The summed E-state index contributed by atoms with van der Waals surface area (Å²) in [6.07, 6.45) is 1.06. The topological polar surface area (TPSA) is 75.5 Å². The molecule has 1 aromatic heterocycles. The number of methoxy groups -OCH3 is 1. The molecule has 6 nitrogen and oxygen atoms in total. The van der Waals surface area contributed by atoms with Crippen molar-refractivity contribution in [3.8, 4) is 11.4 Å². The van der Waals surface area contributed by atoms with Crippen molar-refractivity contribution >= 4 is 11.8 Å². The highest BCUT2D eigenvalue weighted by Gasteiger charge is 2.25. The van der Waals surface area contributed by atoms with E-state index in [1.165, 1.54) is 6.07 Å². The van der Waals surface area contributed by atoms with E-state index in [1.807, 2.05) is 36.1 Å². The Morgan fingerprint density at radius 1 is 1.30 bits per heavy atom. The predicted octanol–water partition coefficient (Wildman–Crippen LogP) is 2.38. The van der Waals surface area contributed by atoms with Crippen molar-refractivity contribution in [2.24, 2.45) is 0 Å². The van der Waals surface area contributed by atoms with Gasteiger partial charge in [0.05, 0.1) is 6.10 Å². The Labute approximate surface area is 134 Å². The number of carboxylic acid groups (broad SMARTS) is 1. The van der Waals surface area contributed by atoms with Gasteiger partial charge < -0.3 is 14.7 Å². The summed E-state index contributed by atoms with van der Waals surface area (Å²) in [6.45, 7) is 3.50. The fraction of sp³-hybridized carbons (Fsp3) is 0.353. The van der Waals surface area contributed by atoms with Crippen LogP contribution < -0.4 is 4.90 Å². The number of hydrogen-bond acceptors (Lipinski definition) is 5.